The minimum Gasteiger partial charge on any atom is -0.466 e. The molecule has 0 aromatic carbocycles. The number of rotatable bonds is 1. The Kier molecular flexibility index (Phi) is 2.57. The van der Waals surface area contributed by atoms with Gasteiger partial charge in [-0.3, -0.25) is 4.79 Å². The van der Waals surface area contributed by atoms with Gasteiger partial charge in [0.2, 0.25) is 0 Å². The lowest BCUT2D eigenvalue weighted by Gasteiger charge is -2.36. The summed E-state index contributed by atoms with van der Waals surface area (Å²) >= 11 is 0. The second kappa shape index (κ2) is 3.84. The van der Waals surface area contributed by atoms with Crippen molar-refractivity contribution in [1.29, 1.82) is 0 Å². The van der Waals surface area contributed by atoms with Crippen molar-refractivity contribution in [3.05, 3.63) is 11.1 Å². The molecule has 19 heavy (non-hydrogen) atoms. The van der Waals surface area contributed by atoms with Crippen molar-refractivity contribution in [3.63, 3.8) is 0 Å². The normalized spacial score (nSPS) is 35.7. The summed E-state index contributed by atoms with van der Waals surface area (Å²) in [4.78, 5) is 23.7. The van der Waals surface area contributed by atoms with Gasteiger partial charge in [-0.2, -0.15) is 0 Å². The zero-order valence-electron chi connectivity index (χ0n) is 11.7. The molecule has 0 aromatic heterocycles. The summed E-state index contributed by atoms with van der Waals surface area (Å²) in [5, 5.41) is 0. The summed E-state index contributed by atoms with van der Waals surface area (Å²) in [7, 11) is 1.41. The van der Waals surface area contributed by atoms with Crippen LogP contribution in [0.15, 0.2) is 11.1 Å². The van der Waals surface area contributed by atoms with E-state index in [0.29, 0.717) is 12.3 Å². The van der Waals surface area contributed by atoms with Crippen molar-refractivity contribution < 1.29 is 19.1 Å². The monoisotopic (exact) mass is 264 g/mol. The highest BCUT2D eigenvalue weighted by Crippen LogP contribution is 2.65. The van der Waals surface area contributed by atoms with Crippen molar-refractivity contribution in [2.45, 2.75) is 39.5 Å². The molecule has 2 atom stereocenters. The van der Waals surface area contributed by atoms with E-state index in [1.165, 1.54) is 7.11 Å². The Bertz CT molecular complexity index is 488. The molecular weight excluding hydrogens is 244 g/mol. The van der Waals surface area contributed by atoms with E-state index in [1.807, 2.05) is 0 Å². The summed E-state index contributed by atoms with van der Waals surface area (Å²) in [6.07, 6.45) is 3.19. The number of methoxy groups -OCH3 is 1. The third-order valence-electron chi connectivity index (χ3n) is 5.06. The summed E-state index contributed by atoms with van der Waals surface area (Å²) in [5.41, 5.74) is 1.89. The number of ether oxygens (including phenoxy) is 2. The number of hydrogen-bond acceptors (Lipinski definition) is 4. The van der Waals surface area contributed by atoms with Crippen molar-refractivity contribution in [2.24, 2.45) is 16.7 Å². The highest BCUT2D eigenvalue weighted by molar-refractivity contribution is 5.91. The SMILES string of the molecule is COC(=O)C1=C2COC(=O)C[C@@]23CC(C)(C)C[C@H]3C1. The Balaban J connectivity index is 2.06. The van der Waals surface area contributed by atoms with E-state index in [4.69, 9.17) is 9.47 Å². The van der Waals surface area contributed by atoms with Crippen LogP contribution in [0.4, 0.5) is 0 Å². The zero-order valence-corrected chi connectivity index (χ0v) is 11.7. The smallest absolute Gasteiger partial charge is 0.333 e. The Labute approximate surface area is 113 Å². The summed E-state index contributed by atoms with van der Waals surface area (Å²) in [6, 6.07) is 0. The predicted molar refractivity (Wildman–Crippen MR) is 68.2 cm³/mol. The first-order valence-corrected chi connectivity index (χ1v) is 6.84. The zero-order chi connectivity index (χ0) is 13.8. The van der Waals surface area contributed by atoms with E-state index in [2.05, 4.69) is 13.8 Å². The molecule has 3 rings (SSSR count). The van der Waals surface area contributed by atoms with E-state index < -0.39 is 0 Å². The molecule has 1 saturated heterocycles. The Morgan fingerprint density at radius 2 is 2.16 bits per heavy atom. The van der Waals surface area contributed by atoms with Crippen LogP contribution in [0.2, 0.25) is 0 Å². The van der Waals surface area contributed by atoms with Gasteiger partial charge in [0.15, 0.2) is 0 Å². The van der Waals surface area contributed by atoms with E-state index in [9.17, 15) is 9.59 Å². The Morgan fingerprint density at radius 1 is 1.42 bits per heavy atom. The number of hydrogen-bond donors (Lipinski definition) is 0. The number of carbonyl (C=O) groups excluding carboxylic acids is 2. The van der Waals surface area contributed by atoms with E-state index >= 15 is 0 Å². The average Bonchev–Trinajstić information content (AvgIpc) is 2.72. The fourth-order valence-corrected chi connectivity index (χ4v) is 4.56. The van der Waals surface area contributed by atoms with Gasteiger partial charge in [0, 0.05) is 11.0 Å². The highest BCUT2D eigenvalue weighted by atomic mass is 16.5. The largest absolute Gasteiger partial charge is 0.466 e. The summed E-state index contributed by atoms with van der Waals surface area (Å²) in [5.74, 6) is 0.0107. The lowest BCUT2D eigenvalue weighted by atomic mass is 9.71. The van der Waals surface area contributed by atoms with Gasteiger partial charge < -0.3 is 9.47 Å². The molecule has 1 spiro atoms. The highest BCUT2D eigenvalue weighted by Gasteiger charge is 2.60. The van der Waals surface area contributed by atoms with Crippen LogP contribution in [0.1, 0.15) is 39.5 Å². The van der Waals surface area contributed by atoms with Crippen LogP contribution in [-0.2, 0) is 19.1 Å². The summed E-state index contributed by atoms with van der Waals surface area (Å²) < 4.78 is 10.1. The maximum Gasteiger partial charge on any atom is 0.333 e. The van der Waals surface area contributed by atoms with Crippen LogP contribution < -0.4 is 0 Å². The molecule has 0 unspecified atom stereocenters. The second-order valence-electron chi connectivity index (χ2n) is 6.89. The third kappa shape index (κ3) is 1.72. The molecule has 0 aromatic rings. The molecule has 0 radical (unpaired) electrons. The number of cyclic esters (lactones) is 1. The summed E-state index contributed by atoms with van der Waals surface area (Å²) in [6.45, 7) is 4.76. The Hall–Kier alpha value is -1.32. The lowest BCUT2D eigenvalue weighted by molar-refractivity contribution is -0.149. The average molecular weight is 264 g/mol. The molecule has 2 aliphatic carbocycles. The van der Waals surface area contributed by atoms with Gasteiger partial charge >= 0.3 is 11.9 Å². The van der Waals surface area contributed by atoms with Gasteiger partial charge in [0.1, 0.15) is 6.61 Å². The van der Waals surface area contributed by atoms with Crippen molar-refractivity contribution in [2.75, 3.05) is 13.7 Å². The van der Waals surface area contributed by atoms with Gasteiger partial charge in [-0.25, -0.2) is 4.79 Å². The van der Waals surface area contributed by atoms with Crippen LogP contribution >= 0.6 is 0 Å². The topological polar surface area (TPSA) is 52.6 Å². The molecule has 2 fully saturated rings. The lowest BCUT2D eigenvalue weighted by Crippen LogP contribution is -2.35. The molecular formula is C15H20O4. The number of carbonyl (C=O) groups is 2. The van der Waals surface area contributed by atoms with Gasteiger partial charge in [0.05, 0.1) is 13.5 Å². The van der Waals surface area contributed by atoms with Crippen molar-refractivity contribution >= 4 is 11.9 Å². The molecule has 4 heteroatoms. The molecule has 1 aliphatic heterocycles. The van der Waals surface area contributed by atoms with E-state index in [-0.39, 0.29) is 29.4 Å². The minimum atomic E-state index is -0.250. The fraction of sp³-hybridized carbons (Fsp3) is 0.733. The quantitative estimate of drug-likeness (QED) is 0.681. The Morgan fingerprint density at radius 3 is 2.84 bits per heavy atom. The van der Waals surface area contributed by atoms with Crippen molar-refractivity contribution in [1.82, 2.24) is 0 Å². The predicted octanol–water partition coefficient (Wildman–Crippen LogP) is 2.23. The fourth-order valence-electron chi connectivity index (χ4n) is 4.56. The van der Waals surface area contributed by atoms with Crippen LogP contribution in [0.25, 0.3) is 0 Å². The molecule has 0 amide bonds. The maximum atomic E-state index is 11.9. The maximum absolute atomic E-state index is 11.9. The first kappa shape index (κ1) is 12.7. The molecule has 0 N–H and O–H groups in total. The van der Waals surface area contributed by atoms with Gasteiger partial charge in [0.25, 0.3) is 0 Å². The first-order chi connectivity index (χ1) is 8.88. The first-order valence-electron chi connectivity index (χ1n) is 6.84. The van der Waals surface area contributed by atoms with Gasteiger partial charge in [-0.05, 0) is 36.2 Å². The molecule has 1 saturated carbocycles. The van der Waals surface area contributed by atoms with Crippen molar-refractivity contribution in [3.8, 4) is 0 Å². The standard InChI is InChI=1S/C15H20O4/c1-14(2)5-9-4-10(13(17)18-3)11-7-19-12(16)6-15(9,11)8-14/h9H,4-8H2,1-3H3/t9-,15+/m1/s1. The van der Waals surface area contributed by atoms with Crippen LogP contribution in [-0.4, -0.2) is 25.7 Å². The molecule has 0 bridgehead atoms. The molecule has 3 aliphatic rings. The van der Waals surface area contributed by atoms with Crippen LogP contribution in [0.3, 0.4) is 0 Å². The molecule has 4 nitrogen and oxygen atoms in total. The van der Waals surface area contributed by atoms with Gasteiger partial charge in [-0.15, -0.1) is 0 Å². The van der Waals surface area contributed by atoms with Crippen LogP contribution in [0, 0.1) is 16.7 Å². The number of esters is 2. The van der Waals surface area contributed by atoms with Crippen LogP contribution in [0.5, 0.6) is 0 Å². The third-order valence-corrected chi connectivity index (χ3v) is 5.06. The molecule has 104 valence electrons. The van der Waals surface area contributed by atoms with E-state index in [1.54, 1.807) is 0 Å². The molecule has 1 heterocycles. The van der Waals surface area contributed by atoms with E-state index in [0.717, 1.165) is 30.4 Å². The minimum absolute atomic E-state index is 0.127. The van der Waals surface area contributed by atoms with Gasteiger partial charge in [-0.1, -0.05) is 13.8 Å². The second-order valence-corrected chi connectivity index (χ2v) is 6.89.